The number of methoxy groups -OCH3 is 1. The van der Waals surface area contributed by atoms with Gasteiger partial charge in [-0.1, -0.05) is 48.7 Å². The van der Waals surface area contributed by atoms with Crippen LogP contribution in [0.1, 0.15) is 47.5 Å². The van der Waals surface area contributed by atoms with Gasteiger partial charge in [0.2, 0.25) is 9.70 Å². The maximum Gasteiger partial charge on any atom is 0.341 e. The van der Waals surface area contributed by atoms with Crippen LogP contribution in [0.3, 0.4) is 0 Å². The van der Waals surface area contributed by atoms with Gasteiger partial charge in [-0.05, 0) is 31.2 Å². The van der Waals surface area contributed by atoms with Gasteiger partial charge in [0.05, 0.1) is 12.7 Å². The molecule has 0 saturated carbocycles. The number of rotatable bonds is 5. The summed E-state index contributed by atoms with van der Waals surface area (Å²) >= 11 is 19.5. The van der Waals surface area contributed by atoms with Gasteiger partial charge in [0.15, 0.2) is 0 Å². The zero-order chi connectivity index (χ0) is 18.8. The molecule has 0 aromatic carbocycles. The molecule has 1 aliphatic rings. The van der Waals surface area contributed by atoms with Gasteiger partial charge in [0.1, 0.15) is 11.2 Å². The molecule has 0 saturated heterocycles. The van der Waals surface area contributed by atoms with E-state index in [1.54, 1.807) is 13.8 Å². The summed E-state index contributed by atoms with van der Waals surface area (Å²) in [7, 11) is 1.34. The Balaban J connectivity index is 2.36. The Morgan fingerprint density at radius 3 is 2.40 bits per heavy atom. The number of carbonyl (C=O) groups excluding carboxylic acids is 2. The fourth-order valence-corrected chi connectivity index (χ4v) is 4.26. The van der Waals surface area contributed by atoms with E-state index in [-0.39, 0.29) is 11.8 Å². The number of aryl methyl sites for hydroxylation is 1. The molecule has 0 radical (unpaired) electrons. The second-order valence-electron chi connectivity index (χ2n) is 6.19. The summed E-state index contributed by atoms with van der Waals surface area (Å²) in [6.45, 7) is 3.49. The number of halogens is 3. The van der Waals surface area contributed by atoms with E-state index >= 15 is 0 Å². The number of esters is 1. The molecule has 140 valence electrons. The number of amides is 1. The van der Waals surface area contributed by atoms with Crippen LogP contribution < -0.4 is 10.6 Å². The lowest BCUT2D eigenvalue weighted by Gasteiger charge is -2.28. The molecule has 1 atom stereocenters. The molecule has 0 spiro atoms. The van der Waals surface area contributed by atoms with Crippen molar-refractivity contribution < 1.29 is 14.3 Å². The molecule has 2 rings (SSSR count). The smallest absolute Gasteiger partial charge is 0.341 e. The second kappa shape index (κ2) is 8.33. The summed E-state index contributed by atoms with van der Waals surface area (Å²) in [5.41, 5.74) is 1.46. The van der Waals surface area contributed by atoms with E-state index in [9.17, 15) is 9.59 Å². The summed E-state index contributed by atoms with van der Waals surface area (Å²) < 4.78 is 3.14. The molecule has 1 aliphatic carbocycles. The Hall–Kier alpha value is -0.690. The molecule has 2 N–H and O–H groups in total. The molecule has 1 aromatic heterocycles. The van der Waals surface area contributed by atoms with Crippen molar-refractivity contribution in [3.05, 3.63) is 16.0 Å². The molecule has 0 fully saturated rings. The van der Waals surface area contributed by atoms with Crippen LogP contribution >= 0.6 is 46.1 Å². The first-order chi connectivity index (χ1) is 11.6. The number of carbonyl (C=O) groups is 2. The van der Waals surface area contributed by atoms with Gasteiger partial charge < -0.3 is 15.4 Å². The van der Waals surface area contributed by atoms with Crippen molar-refractivity contribution in [2.75, 3.05) is 12.4 Å². The highest BCUT2D eigenvalue weighted by molar-refractivity contribution is 7.16. The van der Waals surface area contributed by atoms with Crippen LogP contribution in [-0.2, 0) is 22.4 Å². The van der Waals surface area contributed by atoms with Crippen molar-refractivity contribution in [2.24, 2.45) is 5.92 Å². The quantitative estimate of drug-likeness (QED) is 0.418. The van der Waals surface area contributed by atoms with Crippen molar-refractivity contribution in [3.63, 3.8) is 0 Å². The second-order valence-corrected chi connectivity index (χ2v) is 9.66. The molecule has 0 unspecified atom stereocenters. The van der Waals surface area contributed by atoms with Gasteiger partial charge in [-0.25, -0.2) is 4.79 Å². The summed E-state index contributed by atoms with van der Waals surface area (Å²) in [6, 6.07) is 0. The van der Waals surface area contributed by atoms with E-state index in [4.69, 9.17) is 39.5 Å². The van der Waals surface area contributed by atoms with Gasteiger partial charge in [-0.2, -0.15) is 0 Å². The Morgan fingerprint density at radius 1 is 1.20 bits per heavy atom. The summed E-state index contributed by atoms with van der Waals surface area (Å²) in [6.07, 6.45) is 2.84. The Labute approximate surface area is 166 Å². The number of thiophene rings is 1. The maximum absolute atomic E-state index is 12.3. The Kier molecular flexibility index (Phi) is 6.87. The minimum Gasteiger partial charge on any atom is -0.465 e. The predicted molar refractivity (Wildman–Crippen MR) is 103 cm³/mol. The summed E-state index contributed by atoms with van der Waals surface area (Å²) in [4.78, 5) is 25.5. The monoisotopic (exact) mass is 426 g/mol. The third-order valence-corrected chi connectivity index (χ3v) is 5.85. The third kappa shape index (κ3) is 4.94. The Morgan fingerprint density at radius 2 is 1.84 bits per heavy atom. The maximum atomic E-state index is 12.3. The fraction of sp³-hybridized carbons (Fsp3) is 0.625. The van der Waals surface area contributed by atoms with E-state index in [0.717, 1.165) is 36.1 Å². The van der Waals surface area contributed by atoms with Crippen molar-refractivity contribution in [1.29, 1.82) is 0 Å². The van der Waals surface area contributed by atoms with Crippen LogP contribution in [0, 0.1) is 5.92 Å². The van der Waals surface area contributed by atoms with Gasteiger partial charge in [-0.15, -0.1) is 11.3 Å². The average molecular weight is 428 g/mol. The van der Waals surface area contributed by atoms with Gasteiger partial charge in [0.25, 0.3) is 0 Å². The topological polar surface area (TPSA) is 67.4 Å². The van der Waals surface area contributed by atoms with Crippen LogP contribution in [0.4, 0.5) is 5.00 Å². The minimum absolute atomic E-state index is 0.259. The molecule has 9 heteroatoms. The van der Waals surface area contributed by atoms with Gasteiger partial charge in [0, 0.05) is 10.8 Å². The van der Waals surface area contributed by atoms with Crippen molar-refractivity contribution in [3.8, 4) is 0 Å². The van der Waals surface area contributed by atoms with Crippen LogP contribution in [-0.4, -0.2) is 28.9 Å². The molecule has 1 heterocycles. The number of hydrogen-bond donors (Lipinski definition) is 2. The predicted octanol–water partition coefficient (Wildman–Crippen LogP) is 4.29. The highest BCUT2D eigenvalue weighted by Crippen LogP contribution is 2.40. The van der Waals surface area contributed by atoms with E-state index in [1.165, 1.54) is 18.4 Å². The van der Waals surface area contributed by atoms with E-state index in [2.05, 4.69) is 10.6 Å². The molecule has 1 aromatic rings. The lowest BCUT2D eigenvalue weighted by atomic mass is 9.95. The fourth-order valence-electron chi connectivity index (χ4n) is 2.63. The molecule has 1 amide bonds. The minimum atomic E-state index is -1.79. The number of hydrogen-bond acceptors (Lipinski definition) is 5. The normalized spacial score (nSPS) is 15.5. The first-order valence-corrected chi connectivity index (χ1v) is 9.96. The number of alkyl halides is 3. The van der Waals surface area contributed by atoms with E-state index in [0.29, 0.717) is 10.6 Å². The average Bonchev–Trinajstić information content (AvgIpc) is 2.90. The zero-order valence-electron chi connectivity index (χ0n) is 14.3. The molecule has 0 bridgehead atoms. The highest BCUT2D eigenvalue weighted by Gasteiger charge is 2.37. The highest BCUT2D eigenvalue weighted by atomic mass is 35.6. The Bertz CT molecular complexity index is 656. The molecule has 0 aliphatic heterocycles. The van der Waals surface area contributed by atoms with Crippen molar-refractivity contribution in [1.82, 2.24) is 5.32 Å². The standard InChI is InChI=1S/C16H21Cl3N2O3S/c1-8(2)12(22)20-15(16(17,18)19)21-13-11(14(23)24-3)9-6-4-5-7-10(9)25-13/h8,15,21H,4-7H2,1-3H3,(H,20,22)/t15-/m0/s1. The van der Waals surface area contributed by atoms with E-state index < -0.39 is 15.9 Å². The van der Waals surface area contributed by atoms with E-state index in [1.807, 2.05) is 0 Å². The van der Waals surface area contributed by atoms with Gasteiger partial charge >= 0.3 is 5.97 Å². The number of fused-ring (bicyclic) bond motifs is 1. The summed E-state index contributed by atoms with van der Waals surface area (Å²) in [5.74, 6) is -0.960. The zero-order valence-corrected chi connectivity index (χ0v) is 17.3. The number of ether oxygens (including phenoxy) is 1. The molecular weight excluding hydrogens is 407 g/mol. The van der Waals surface area contributed by atoms with Gasteiger partial charge in [-0.3, -0.25) is 4.79 Å². The van der Waals surface area contributed by atoms with Crippen LogP contribution in [0.25, 0.3) is 0 Å². The third-order valence-electron chi connectivity index (χ3n) is 3.97. The molecular formula is C16H21Cl3N2O3S. The molecule has 25 heavy (non-hydrogen) atoms. The van der Waals surface area contributed by atoms with Crippen LogP contribution in [0.15, 0.2) is 0 Å². The molecule has 5 nitrogen and oxygen atoms in total. The van der Waals surface area contributed by atoms with Crippen molar-refractivity contribution in [2.45, 2.75) is 49.5 Å². The van der Waals surface area contributed by atoms with Crippen LogP contribution in [0.2, 0.25) is 0 Å². The first kappa shape index (κ1) is 20.6. The number of nitrogens with one attached hydrogen (secondary N) is 2. The lowest BCUT2D eigenvalue weighted by molar-refractivity contribution is -0.124. The first-order valence-electron chi connectivity index (χ1n) is 8.01. The number of anilines is 1. The summed E-state index contributed by atoms with van der Waals surface area (Å²) in [5, 5.41) is 6.27. The SMILES string of the molecule is COC(=O)c1c(N[C@H](NC(=O)C(C)C)C(Cl)(Cl)Cl)sc2c1CCCC2. The van der Waals surface area contributed by atoms with Crippen LogP contribution in [0.5, 0.6) is 0 Å². The van der Waals surface area contributed by atoms with Crippen molar-refractivity contribution >= 4 is 63.0 Å². The lowest BCUT2D eigenvalue weighted by Crippen LogP contribution is -2.50. The largest absolute Gasteiger partial charge is 0.465 e.